The predicted octanol–water partition coefficient (Wildman–Crippen LogP) is 2.11. The maximum atomic E-state index is 4.22. The number of hydrogen-bond donors (Lipinski definition) is 0. The average Bonchev–Trinajstić information content (AvgIpc) is 2.03. The van der Waals surface area contributed by atoms with Gasteiger partial charge < -0.3 is 0 Å². The summed E-state index contributed by atoms with van der Waals surface area (Å²) in [7, 11) is 0. The molecule has 64 valence electrons. The molecule has 3 nitrogen and oxygen atoms in total. The molecule has 12 heavy (non-hydrogen) atoms. The van der Waals surface area contributed by atoms with Gasteiger partial charge in [0.15, 0.2) is 5.82 Å². The van der Waals surface area contributed by atoms with Crippen molar-refractivity contribution in [1.82, 2.24) is 9.97 Å². The fraction of sp³-hybridized carbons (Fsp3) is 0.444. The van der Waals surface area contributed by atoms with E-state index in [1.165, 1.54) is 0 Å². The summed E-state index contributed by atoms with van der Waals surface area (Å²) in [4.78, 5) is 12.1. The van der Waals surface area contributed by atoms with Crippen LogP contribution in [0.1, 0.15) is 26.6 Å². The van der Waals surface area contributed by atoms with E-state index in [1.807, 2.05) is 0 Å². The molecule has 0 bridgehead atoms. The van der Waals surface area contributed by atoms with Crippen molar-refractivity contribution in [1.29, 1.82) is 0 Å². The second-order valence-corrected chi connectivity index (χ2v) is 3.65. The van der Waals surface area contributed by atoms with Gasteiger partial charge in [0.25, 0.3) is 0 Å². The smallest absolute Gasteiger partial charge is 0.154 e. The summed E-state index contributed by atoms with van der Waals surface area (Å²) in [5.41, 5.74) is -0.0271. The third-order valence-electron chi connectivity index (χ3n) is 1.47. The van der Waals surface area contributed by atoms with Gasteiger partial charge in [0.1, 0.15) is 5.82 Å². The number of aromatic nitrogens is 2. The highest BCUT2D eigenvalue weighted by molar-refractivity contribution is 5.38. The Morgan fingerprint density at radius 1 is 1.42 bits per heavy atom. The molecule has 0 saturated heterocycles. The van der Waals surface area contributed by atoms with Gasteiger partial charge in [0.2, 0.25) is 0 Å². The van der Waals surface area contributed by atoms with E-state index in [0.717, 1.165) is 5.82 Å². The highest BCUT2D eigenvalue weighted by atomic mass is 15.0. The van der Waals surface area contributed by atoms with E-state index >= 15 is 0 Å². The van der Waals surface area contributed by atoms with Gasteiger partial charge in [0.05, 0.1) is 0 Å². The zero-order valence-electron chi connectivity index (χ0n) is 7.70. The summed E-state index contributed by atoms with van der Waals surface area (Å²) in [6.07, 6.45) is 1.71. The minimum Gasteiger partial charge on any atom is -0.245 e. The van der Waals surface area contributed by atoms with Crippen LogP contribution in [0.25, 0.3) is 0 Å². The molecular weight excluding hydrogens is 150 g/mol. The lowest BCUT2D eigenvalue weighted by Gasteiger charge is -2.15. The SMILES string of the molecule is C=Nc1ccnc(C(C)(C)C)n1. The first-order valence-electron chi connectivity index (χ1n) is 3.84. The molecule has 3 heteroatoms. The lowest BCUT2D eigenvalue weighted by atomic mass is 9.96. The molecule has 1 heterocycles. The van der Waals surface area contributed by atoms with Crippen LogP contribution in [0, 0.1) is 0 Å². The second-order valence-electron chi connectivity index (χ2n) is 3.65. The summed E-state index contributed by atoms with van der Waals surface area (Å²) in [6.45, 7) is 9.61. The molecule has 0 N–H and O–H groups in total. The van der Waals surface area contributed by atoms with Crippen molar-refractivity contribution >= 4 is 12.5 Å². The van der Waals surface area contributed by atoms with Gasteiger partial charge >= 0.3 is 0 Å². The summed E-state index contributed by atoms with van der Waals surface area (Å²) in [5.74, 6) is 1.43. The van der Waals surface area contributed by atoms with Crippen LogP contribution in [-0.4, -0.2) is 16.7 Å². The Morgan fingerprint density at radius 2 is 2.08 bits per heavy atom. The molecule has 0 aliphatic rings. The van der Waals surface area contributed by atoms with Gasteiger partial charge in [-0.2, -0.15) is 0 Å². The summed E-state index contributed by atoms with van der Waals surface area (Å²) < 4.78 is 0. The molecule has 0 fully saturated rings. The quantitative estimate of drug-likeness (QED) is 0.595. The van der Waals surface area contributed by atoms with E-state index in [9.17, 15) is 0 Å². The Hall–Kier alpha value is -1.25. The van der Waals surface area contributed by atoms with Gasteiger partial charge in [-0.1, -0.05) is 20.8 Å². The normalized spacial score (nSPS) is 11.2. The third kappa shape index (κ3) is 1.87. The summed E-state index contributed by atoms with van der Waals surface area (Å²) in [6, 6.07) is 1.74. The van der Waals surface area contributed by atoms with Gasteiger partial charge in [-0.15, -0.1) is 0 Å². The van der Waals surface area contributed by atoms with Gasteiger partial charge in [-0.25, -0.2) is 15.0 Å². The van der Waals surface area contributed by atoms with E-state index in [1.54, 1.807) is 12.3 Å². The van der Waals surface area contributed by atoms with Gasteiger partial charge in [-0.05, 0) is 6.72 Å². The molecule has 0 atom stereocenters. The Balaban J connectivity index is 3.10. The Morgan fingerprint density at radius 3 is 2.58 bits per heavy atom. The molecule has 0 spiro atoms. The van der Waals surface area contributed by atoms with Crippen LogP contribution in [0.4, 0.5) is 5.82 Å². The highest BCUT2D eigenvalue weighted by Crippen LogP contribution is 2.19. The minimum atomic E-state index is -0.0271. The molecule has 1 rings (SSSR count). The second kappa shape index (κ2) is 3.01. The molecular formula is C9H13N3. The van der Waals surface area contributed by atoms with E-state index in [0.29, 0.717) is 5.82 Å². The lowest BCUT2D eigenvalue weighted by molar-refractivity contribution is 0.545. The van der Waals surface area contributed by atoms with Gasteiger partial charge in [0, 0.05) is 17.7 Å². The van der Waals surface area contributed by atoms with Crippen LogP contribution in [0.5, 0.6) is 0 Å². The Kier molecular flexibility index (Phi) is 2.22. The monoisotopic (exact) mass is 163 g/mol. The van der Waals surface area contributed by atoms with Crippen molar-refractivity contribution in [3.05, 3.63) is 18.1 Å². The standard InChI is InChI=1S/C9H13N3/c1-9(2,3)8-11-6-5-7(10-4)12-8/h5-6H,4H2,1-3H3. The molecule has 0 aromatic carbocycles. The fourth-order valence-corrected chi connectivity index (χ4v) is 0.799. The molecule has 0 aliphatic carbocycles. The summed E-state index contributed by atoms with van der Waals surface area (Å²) in [5, 5.41) is 0. The minimum absolute atomic E-state index is 0.0271. The van der Waals surface area contributed by atoms with Crippen LogP contribution >= 0.6 is 0 Å². The number of rotatable bonds is 1. The number of hydrogen-bond acceptors (Lipinski definition) is 3. The van der Waals surface area contributed by atoms with E-state index in [4.69, 9.17) is 0 Å². The molecule has 0 radical (unpaired) electrons. The van der Waals surface area contributed by atoms with Crippen molar-refractivity contribution in [3.8, 4) is 0 Å². The van der Waals surface area contributed by atoms with Crippen LogP contribution in [0.15, 0.2) is 17.3 Å². The zero-order chi connectivity index (χ0) is 9.19. The molecule has 0 amide bonds. The van der Waals surface area contributed by atoms with E-state index in [2.05, 4.69) is 42.4 Å². The van der Waals surface area contributed by atoms with Crippen LogP contribution in [0.2, 0.25) is 0 Å². The maximum Gasteiger partial charge on any atom is 0.154 e. The van der Waals surface area contributed by atoms with E-state index in [-0.39, 0.29) is 5.41 Å². The van der Waals surface area contributed by atoms with Crippen molar-refractivity contribution in [2.75, 3.05) is 0 Å². The topological polar surface area (TPSA) is 38.1 Å². The molecule has 1 aromatic heterocycles. The Labute approximate surface area is 72.6 Å². The fourth-order valence-electron chi connectivity index (χ4n) is 0.799. The first-order valence-corrected chi connectivity index (χ1v) is 3.84. The highest BCUT2D eigenvalue weighted by Gasteiger charge is 2.16. The van der Waals surface area contributed by atoms with Gasteiger partial charge in [-0.3, -0.25) is 0 Å². The molecule has 0 aliphatic heterocycles. The summed E-state index contributed by atoms with van der Waals surface area (Å²) >= 11 is 0. The Bertz CT molecular complexity index is 286. The number of aliphatic imine (C=N–C) groups is 1. The van der Waals surface area contributed by atoms with Crippen LogP contribution < -0.4 is 0 Å². The first-order chi connectivity index (χ1) is 5.54. The van der Waals surface area contributed by atoms with Crippen molar-refractivity contribution < 1.29 is 0 Å². The largest absolute Gasteiger partial charge is 0.245 e. The van der Waals surface area contributed by atoms with Crippen LogP contribution in [-0.2, 0) is 5.41 Å². The molecule has 0 saturated carbocycles. The van der Waals surface area contributed by atoms with Crippen molar-refractivity contribution in [3.63, 3.8) is 0 Å². The van der Waals surface area contributed by atoms with E-state index < -0.39 is 0 Å². The first kappa shape index (κ1) is 8.84. The van der Waals surface area contributed by atoms with Crippen molar-refractivity contribution in [2.24, 2.45) is 4.99 Å². The molecule has 1 aromatic rings. The van der Waals surface area contributed by atoms with Crippen molar-refractivity contribution in [2.45, 2.75) is 26.2 Å². The lowest BCUT2D eigenvalue weighted by Crippen LogP contribution is -2.15. The predicted molar refractivity (Wildman–Crippen MR) is 49.9 cm³/mol. The van der Waals surface area contributed by atoms with Crippen LogP contribution in [0.3, 0.4) is 0 Å². The zero-order valence-corrected chi connectivity index (χ0v) is 7.70. The average molecular weight is 163 g/mol. The number of nitrogens with zero attached hydrogens (tertiary/aromatic N) is 3. The third-order valence-corrected chi connectivity index (χ3v) is 1.47. The molecule has 0 unspecified atom stereocenters. The maximum absolute atomic E-state index is 4.22.